The van der Waals surface area contributed by atoms with Gasteiger partial charge in [-0.1, -0.05) is 25.3 Å². The molecule has 2 saturated carbocycles. The number of hydrogen-bond donors (Lipinski definition) is 1. The van der Waals surface area contributed by atoms with E-state index in [1.165, 1.54) is 12.1 Å². The molecule has 0 aliphatic heterocycles. The van der Waals surface area contributed by atoms with E-state index in [9.17, 15) is 13.6 Å². The van der Waals surface area contributed by atoms with Gasteiger partial charge < -0.3 is 10.6 Å². The molecule has 1 aromatic rings. The standard InChI is InChI=1S/C19H26F2N2O/c20-15-9-8-14(17(21)11-15)12-23(16-5-1-2-6-16)19(24)10-13-4-3-7-18(13)22/h8-9,11,13,16,18H,1-7,10,12,22H2/t13-,18+/m0/s1. The highest BCUT2D eigenvalue weighted by atomic mass is 19.1. The van der Waals surface area contributed by atoms with Crippen LogP contribution < -0.4 is 5.73 Å². The zero-order valence-corrected chi connectivity index (χ0v) is 14.0. The average molecular weight is 336 g/mol. The molecule has 2 aliphatic carbocycles. The van der Waals surface area contributed by atoms with Crippen molar-refractivity contribution in [1.29, 1.82) is 0 Å². The van der Waals surface area contributed by atoms with Crippen LogP contribution in [0.5, 0.6) is 0 Å². The summed E-state index contributed by atoms with van der Waals surface area (Å²) in [5, 5.41) is 0. The Morgan fingerprint density at radius 3 is 2.50 bits per heavy atom. The third-order valence-electron chi connectivity index (χ3n) is 5.60. The SMILES string of the molecule is N[C@@H]1CCC[C@H]1CC(=O)N(Cc1ccc(F)cc1F)C1CCCC1. The van der Waals surface area contributed by atoms with Crippen molar-refractivity contribution >= 4 is 5.91 Å². The normalized spacial score (nSPS) is 24.5. The van der Waals surface area contributed by atoms with Gasteiger partial charge in [-0.2, -0.15) is 0 Å². The zero-order chi connectivity index (χ0) is 17.1. The maximum absolute atomic E-state index is 14.0. The molecule has 2 atom stereocenters. The van der Waals surface area contributed by atoms with Crippen LogP contribution in [0.1, 0.15) is 56.9 Å². The van der Waals surface area contributed by atoms with Gasteiger partial charge in [0.15, 0.2) is 0 Å². The highest BCUT2D eigenvalue weighted by Crippen LogP contribution is 2.31. The third-order valence-corrected chi connectivity index (χ3v) is 5.60. The Balaban J connectivity index is 1.74. The lowest BCUT2D eigenvalue weighted by molar-refractivity contribution is -0.135. The Morgan fingerprint density at radius 1 is 1.12 bits per heavy atom. The molecule has 0 spiro atoms. The summed E-state index contributed by atoms with van der Waals surface area (Å²) in [7, 11) is 0. The summed E-state index contributed by atoms with van der Waals surface area (Å²) >= 11 is 0. The Bertz CT molecular complexity index is 587. The van der Waals surface area contributed by atoms with Crippen LogP contribution in [0.4, 0.5) is 8.78 Å². The van der Waals surface area contributed by atoms with Gasteiger partial charge in [-0.3, -0.25) is 4.79 Å². The van der Waals surface area contributed by atoms with Crippen molar-refractivity contribution in [3.05, 3.63) is 35.4 Å². The molecule has 132 valence electrons. The van der Waals surface area contributed by atoms with Crippen LogP contribution in [0, 0.1) is 17.6 Å². The summed E-state index contributed by atoms with van der Waals surface area (Å²) in [6.07, 6.45) is 7.63. The predicted octanol–water partition coefficient (Wildman–Crippen LogP) is 3.75. The van der Waals surface area contributed by atoms with Crippen molar-refractivity contribution in [2.75, 3.05) is 0 Å². The molecule has 0 aromatic heterocycles. The van der Waals surface area contributed by atoms with Crippen LogP contribution in [-0.4, -0.2) is 22.9 Å². The first-order chi connectivity index (χ1) is 11.5. The van der Waals surface area contributed by atoms with Gasteiger partial charge in [0, 0.05) is 36.7 Å². The maximum Gasteiger partial charge on any atom is 0.223 e. The molecular weight excluding hydrogens is 310 g/mol. The molecule has 0 radical (unpaired) electrons. The monoisotopic (exact) mass is 336 g/mol. The molecule has 1 amide bonds. The van der Waals surface area contributed by atoms with Gasteiger partial charge >= 0.3 is 0 Å². The molecule has 3 nitrogen and oxygen atoms in total. The summed E-state index contributed by atoms with van der Waals surface area (Å²) in [5.41, 5.74) is 6.48. The van der Waals surface area contributed by atoms with E-state index in [2.05, 4.69) is 0 Å². The number of rotatable bonds is 5. The summed E-state index contributed by atoms with van der Waals surface area (Å²) in [6, 6.07) is 3.85. The second-order valence-electron chi connectivity index (χ2n) is 7.25. The van der Waals surface area contributed by atoms with Gasteiger partial charge in [-0.05, 0) is 37.7 Å². The van der Waals surface area contributed by atoms with E-state index in [-0.39, 0.29) is 30.5 Å². The number of nitrogens with two attached hydrogens (primary N) is 1. The molecule has 0 unspecified atom stereocenters. The van der Waals surface area contributed by atoms with E-state index in [1.54, 1.807) is 0 Å². The highest BCUT2D eigenvalue weighted by Gasteiger charge is 2.32. The molecule has 2 N–H and O–H groups in total. The van der Waals surface area contributed by atoms with Crippen LogP contribution in [0.15, 0.2) is 18.2 Å². The molecule has 2 aliphatic rings. The Kier molecular flexibility index (Phi) is 5.49. The number of nitrogens with zero attached hydrogens (tertiary/aromatic N) is 1. The van der Waals surface area contributed by atoms with Gasteiger partial charge in [0.2, 0.25) is 5.91 Å². The van der Waals surface area contributed by atoms with Crippen LogP contribution in [0.2, 0.25) is 0 Å². The largest absolute Gasteiger partial charge is 0.335 e. The highest BCUT2D eigenvalue weighted by molar-refractivity contribution is 5.77. The number of halogens is 2. The molecule has 2 fully saturated rings. The van der Waals surface area contributed by atoms with Gasteiger partial charge in [-0.25, -0.2) is 8.78 Å². The summed E-state index contributed by atoms with van der Waals surface area (Å²) in [5.74, 6) is -0.872. The van der Waals surface area contributed by atoms with E-state index in [1.807, 2.05) is 4.90 Å². The van der Waals surface area contributed by atoms with Crippen LogP contribution in [0.25, 0.3) is 0 Å². The first-order valence-electron chi connectivity index (χ1n) is 9.03. The van der Waals surface area contributed by atoms with Crippen molar-refractivity contribution in [3.8, 4) is 0 Å². The Labute approximate surface area is 142 Å². The fourth-order valence-corrected chi connectivity index (χ4v) is 4.13. The molecule has 24 heavy (non-hydrogen) atoms. The van der Waals surface area contributed by atoms with Crippen LogP contribution in [0.3, 0.4) is 0 Å². The minimum Gasteiger partial charge on any atom is -0.335 e. The van der Waals surface area contributed by atoms with Gasteiger partial charge in [0.05, 0.1) is 0 Å². The van der Waals surface area contributed by atoms with Crippen molar-refractivity contribution in [2.24, 2.45) is 11.7 Å². The molecule has 1 aromatic carbocycles. The second kappa shape index (κ2) is 7.60. The third kappa shape index (κ3) is 3.94. The van der Waals surface area contributed by atoms with Gasteiger partial charge in [0.1, 0.15) is 11.6 Å². The number of carbonyl (C=O) groups is 1. The quantitative estimate of drug-likeness (QED) is 0.890. The van der Waals surface area contributed by atoms with E-state index in [0.29, 0.717) is 12.0 Å². The zero-order valence-electron chi connectivity index (χ0n) is 14.0. The van der Waals surface area contributed by atoms with E-state index in [0.717, 1.165) is 51.0 Å². The fraction of sp³-hybridized carbons (Fsp3) is 0.632. The lowest BCUT2D eigenvalue weighted by Gasteiger charge is -2.31. The minimum atomic E-state index is -0.591. The average Bonchev–Trinajstić information content (AvgIpc) is 3.19. The van der Waals surface area contributed by atoms with Crippen molar-refractivity contribution in [2.45, 2.75) is 70.0 Å². The topological polar surface area (TPSA) is 46.3 Å². The first-order valence-corrected chi connectivity index (χ1v) is 9.03. The molecule has 0 bridgehead atoms. The minimum absolute atomic E-state index is 0.0629. The lowest BCUT2D eigenvalue weighted by Crippen LogP contribution is -2.40. The predicted molar refractivity (Wildman–Crippen MR) is 89.1 cm³/mol. The molecule has 5 heteroatoms. The van der Waals surface area contributed by atoms with E-state index < -0.39 is 11.6 Å². The van der Waals surface area contributed by atoms with Crippen molar-refractivity contribution < 1.29 is 13.6 Å². The smallest absolute Gasteiger partial charge is 0.223 e. The van der Waals surface area contributed by atoms with Gasteiger partial charge in [-0.15, -0.1) is 0 Å². The number of benzene rings is 1. The Hall–Kier alpha value is -1.49. The first kappa shape index (κ1) is 17.3. The van der Waals surface area contributed by atoms with E-state index >= 15 is 0 Å². The fourth-order valence-electron chi connectivity index (χ4n) is 4.13. The summed E-state index contributed by atoms with van der Waals surface area (Å²) in [4.78, 5) is 14.7. The Morgan fingerprint density at radius 2 is 1.88 bits per heavy atom. The number of hydrogen-bond acceptors (Lipinski definition) is 2. The summed E-state index contributed by atoms with van der Waals surface area (Å²) < 4.78 is 27.2. The number of carbonyl (C=O) groups excluding carboxylic acids is 1. The molecule has 0 heterocycles. The van der Waals surface area contributed by atoms with Gasteiger partial charge in [0.25, 0.3) is 0 Å². The number of amides is 1. The summed E-state index contributed by atoms with van der Waals surface area (Å²) in [6.45, 7) is 0.220. The van der Waals surface area contributed by atoms with Crippen LogP contribution >= 0.6 is 0 Å². The second-order valence-corrected chi connectivity index (χ2v) is 7.25. The van der Waals surface area contributed by atoms with Crippen molar-refractivity contribution in [3.63, 3.8) is 0 Å². The van der Waals surface area contributed by atoms with E-state index in [4.69, 9.17) is 5.73 Å². The molecular formula is C19H26F2N2O. The molecule has 3 rings (SSSR count). The molecule has 0 saturated heterocycles. The van der Waals surface area contributed by atoms with Crippen molar-refractivity contribution in [1.82, 2.24) is 4.90 Å². The maximum atomic E-state index is 14.0. The van der Waals surface area contributed by atoms with Crippen LogP contribution in [-0.2, 0) is 11.3 Å². The lowest BCUT2D eigenvalue weighted by atomic mass is 9.98.